The summed E-state index contributed by atoms with van der Waals surface area (Å²) in [7, 11) is 3.40. The molecule has 2 aromatic carbocycles. The molecule has 0 unspecified atom stereocenters. The van der Waals surface area contributed by atoms with Crippen LogP contribution in [-0.2, 0) is 9.53 Å². The monoisotopic (exact) mass is 289 g/mol. The fourth-order valence-electron chi connectivity index (χ4n) is 1.91. The van der Waals surface area contributed by atoms with E-state index in [1.54, 1.807) is 21.1 Å². The maximum absolute atomic E-state index is 10.4. The number of aryl methyl sites for hydroxylation is 1. The number of hydrogen-bond acceptors (Lipinski definition) is 4. The molecule has 0 bridgehead atoms. The molecule has 0 amide bonds. The maximum Gasteiger partial charge on any atom is 0.319 e. The number of likely N-dealkylation sites (N-methyl/N-ethyl adjacent to an activating group) is 1. The number of benzene rings is 2. The lowest BCUT2D eigenvalue weighted by atomic mass is 10.1. The predicted octanol–water partition coefficient (Wildman–Crippen LogP) is 2.93. The largest absolute Gasteiger partial charge is 0.497 e. The van der Waals surface area contributed by atoms with Crippen LogP contribution in [0.2, 0.25) is 0 Å². The second-order valence-electron chi connectivity index (χ2n) is 4.50. The van der Waals surface area contributed by atoms with Crippen LogP contribution >= 0.6 is 0 Å². The van der Waals surface area contributed by atoms with Crippen molar-refractivity contribution in [3.8, 4) is 5.75 Å². The van der Waals surface area contributed by atoms with Crippen LogP contribution in [0.3, 0.4) is 0 Å². The van der Waals surface area contributed by atoms with E-state index in [-0.39, 0.29) is 5.97 Å². The summed E-state index contributed by atoms with van der Waals surface area (Å²) in [5.74, 6) is 0.716. The van der Waals surface area contributed by atoms with Crippen molar-refractivity contribution in [2.24, 2.45) is 0 Å². The van der Waals surface area contributed by atoms with E-state index in [9.17, 15) is 4.79 Å². The van der Waals surface area contributed by atoms with Crippen molar-refractivity contribution in [1.82, 2.24) is 5.32 Å². The van der Waals surface area contributed by atoms with Crippen molar-refractivity contribution in [3.63, 3.8) is 0 Å². The van der Waals surface area contributed by atoms with E-state index in [1.807, 2.05) is 6.07 Å². The standard InChI is InChI=1S/C12H12O.C5H11NO2/c1-9-4-3-5-10-8-11(13-2)6-7-12(9)10;1-3-8-5(7)4-6-2/h3-8H,1-2H3;6H,3-4H2,1-2H3. The highest BCUT2D eigenvalue weighted by molar-refractivity contribution is 5.86. The number of nitrogens with one attached hydrogen (secondary N) is 1. The molecule has 0 saturated heterocycles. The van der Waals surface area contributed by atoms with E-state index in [0.29, 0.717) is 13.2 Å². The van der Waals surface area contributed by atoms with Gasteiger partial charge in [0.05, 0.1) is 20.3 Å². The fourth-order valence-corrected chi connectivity index (χ4v) is 1.91. The molecule has 0 aromatic heterocycles. The van der Waals surface area contributed by atoms with Gasteiger partial charge >= 0.3 is 5.97 Å². The normalized spacial score (nSPS) is 9.71. The molecule has 0 heterocycles. The predicted molar refractivity (Wildman–Crippen MR) is 85.8 cm³/mol. The van der Waals surface area contributed by atoms with Crippen molar-refractivity contribution in [2.45, 2.75) is 13.8 Å². The van der Waals surface area contributed by atoms with Crippen molar-refractivity contribution >= 4 is 16.7 Å². The van der Waals surface area contributed by atoms with Gasteiger partial charge in [-0.15, -0.1) is 0 Å². The Hall–Kier alpha value is -2.07. The van der Waals surface area contributed by atoms with Crippen LogP contribution in [0.25, 0.3) is 10.8 Å². The Balaban J connectivity index is 0.000000240. The zero-order valence-electron chi connectivity index (χ0n) is 13.1. The number of ether oxygens (including phenoxy) is 2. The van der Waals surface area contributed by atoms with Crippen LogP contribution in [0.15, 0.2) is 36.4 Å². The van der Waals surface area contributed by atoms with E-state index in [4.69, 9.17) is 4.74 Å². The Kier molecular flexibility index (Phi) is 7.26. The van der Waals surface area contributed by atoms with Gasteiger partial charge in [0.1, 0.15) is 5.75 Å². The summed E-state index contributed by atoms with van der Waals surface area (Å²) in [6.07, 6.45) is 0. The molecular weight excluding hydrogens is 266 g/mol. The first-order chi connectivity index (χ1) is 10.1. The van der Waals surface area contributed by atoms with Gasteiger partial charge in [-0.2, -0.15) is 0 Å². The number of carbonyl (C=O) groups is 1. The van der Waals surface area contributed by atoms with E-state index < -0.39 is 0 Å². The number of methoxy groups -OCH3 is 1. The lowest BCUT2D eigenvalue weighted by Gasteiger charge is -2.04. The Bertz CT molecular complexity index is 573. The van der Waals surface area contributed by atoms with Crippen LogP contribution in [-0.4, -0.2) is 33.3 Å². The van der Waals surface area contributed by atoms with Crippen molar-refractivity contribution in [2.75, 3.05) is 27.3 Å². The van der Waals surface area contributed by atoms with E-state index in [0.717, 1.165) is 5.75 Å². The molecule has 0 aliphatic carbocycles. The van der Waals surface area contributed by atoms with Gasteiger partial charge < -0.3 is 14.8 Å². The smallest absolute Gasteiger partial charge is 0.319 e. The number of fused-ring (bicyclic) bond motifs is 1. The average molecular weight is 289 g/mol. The molecule has 0 aliphatic rings. The Morgan fingerprint density at radius 1 is 1.24 bits per heavy atom. The minimum absolute atomic E-state index is 0.199. The molecule has 114 valence electrons. The summed E-state index contributed by atoms with van der Waals surface area (Å²) < 4.78 is 9.74. The first-order valence-electron chi connectivity index (χ1n) is 6.96. The van der Waals surface area contributed by atoms with Crippen LogP contribution in [0, 0.1) is 6.92 Å². The molecule has 0 atom stereocenters. The number of carbonyl (C=O) groups excluding carboxylic acids is 1. The quantitative estimate of drug-likeness (QED) is 0.879. The molecule has 4 heteroatoms. The van der Waals surface area contributed by atoms with Gasteiger partial charge in [0, 0.05) is 0 Å². The summed E-state index contributed by atoms with van der Waals surface area (Å²) in [5, 5.41) is 5.21. The van der Waals surface area contributed by atoms with E-state index in [1.165, 1.54) is 16.3 Å². The molecule has 0 aliphatic heterocycles. The van der Waals surface area contributed by atoms with Crippen molar-refractivity contribution < 1.29 is 14.3 Å². The molecule has 0 radical (unpaired) electrons. The summed E-state index contributed by atoms with van der Waals surface area (Å²) >= 11 is 0. The third-order valence-corrected chi connectivity index (χ3v) is 2.93. The molecular formula is C17H23NO3. The molecule has 0 fully saturated rings. The zero-order chi connectivity index (χ0) is 15.7. The number of rotatable bonds is 4. The lowest BCUT2D eigenvalue weighted by molar-refractivity contribution is -0.141. The van der Waals surface area contributed by atoms with Gasteiger partial charge in [0.15, 0.2) is 0 Å². The average Bonchev–Trinajstić information content (AvgIpc) is 2.48. The summed E-state index contributed by atoms with van der Waals surface area (Å²) in [4.78, 5) is 10.4. The van der Waals surface area contributed by atoms with Crippen LogP contribution in [0.4, 0.5) is 0 Å². The number of esters is 1. The zero-order valence-corrected chi connectivity index (χ0v) is 13.1. The highest BCUT2D eigenvalue weighted by atomic mass is 16.5. The minimum atomic E-state index is -0.199. The Labute approximate surface area is 126 Å². The minimum Gasteiger partial charge on any atom is -0.497 e. The third kappa shape index (κ3) is 5.44. The van der Waals surface area contributed by atoms with Crippen LogP contribution in [0.5, 0.6) is 5.75 Å². The van der Waals surface area contributed by atoms with Gasteiger partial charge in [-0.05, 0) is 49.4 Å². The van der Waals surface area contributed by atoms with E-state index >= 15 is 0 Å². The van der Waals surface area contributed by atoms with Gasteiger partial charge in [0.2, 0.25) is 0 Å². The Morgan fingerprint density at radius 3 is 2.62 bits per heavy atom. The first-order valence-corrected chi connectivity index (χ1v) is 6.96. The number of hydrogen-bond donors (Lipinski definition) is 1. The van der Waals surface area contributed by atoms with Crippen molar-refractivity contribution in [1.29, 1.82) is 0 Å². The van der Waals surface area contributed by atoms with Crippen molar-refractivity contribution in [3.05, 3.63) is 42.0 Å². The van der Waals surface area contributed by atoms with Gasteiger partial charge in [-0.1, -0.05) is 24.3 Å². The summed E-state index contributed by atoms with van der Waals surface area (Å²) in [5.41, 5.74) is 1.31. The fraction of sp³-hybridized carbons (Fsp3) is 0.353. The molecule has 2 rings (SSSR count). The molecule has 2 aromatic rings. The molecule has 21 heavy (non-hydrogen) atoms. The molecule has 1 N–H and O–H groups in total. The summed E-state index contributed by atoms with van der Waals surface area (Å²) in [6, 6.07) is 12.4. The van der Waals surface area contributed by atoms with Gasteiger partial charge in [-0.3, -0.25) is 4.79 Å². The van der Waals surface area contributed by atoms with Gasteiger partial charge in [0.25, 0.3) is 0 Å². The highest BCUT2D eigenvalue weighted by Gasteiger charge is 1.97. The second-order valence-corrected chi connectivity index (χ2v) is 4.50. The highest BCUT2D eigenvalue weighted by Crippen LogP contribution is 2.22. The molecule has 0 spiro atoms. The first kappa shape index (κ1) is 17.0. The van der Waals surface area contributed by atoms with E-state index in [2.05, 4.69) is 47.3 Å². The topological polar surface area (TPSA) is 47.6 Å². The second kappa shape index (κ2) is 8.97. The lowest BCUT2D eigenvalue weighted by Crippen LogP contribution is -2.20. The summed E-state index contributed by atoms with van der Waals surface area (Å²) in [6.45, 7) is 4.66. The molecule has 4 nitrogen and oxygen atoms in total. The van der Waals surface area contributed by atoms with Crippen LogP contribution in [0.1, 0.15) is 12.5 Å². The third-order valence-electron chi connectivity index (χ3n) is 2.93. The van der Waals surface area contributed by atoms with Gasteiger partial charge in [-0.25, -0.2) is 0 Å². The molecule has 0 saturated carbocycles. The van der Waals surface area contributed by atoms with Crippen LogP contribution < -0.4 is 10.1 Å². The Morgan fingerprint density at radius 2 is 2.00 bits per heavy atom. The maximum atomic E-state index is 10.4. The SMILES string of the molecule is CCOC(=O)CNC.COc1ccc2c(C)cccc2c1.